The Hall–Kier alpha value is -1.58. The monoisotopic (exact) mass is 209 g/mol. The lowest BCUT2D eigenvalue weighted by Crippen LogP contribution is -2.10. The molecule has 0 amide bonds. The topological polar surface area (TPSA) is 48.4 Å². The predicted octanol–water partition coefficient (Wildman–Crippen LogP) is 1.64. The van der Waals surface area contributed by atoms with E-state index >= 15 is 0 Å². The molecule has 0 aromatic carbocycles. The third-order valence-electron chi connectivity index (χ3n) is 1.89. The Balaban J connectivity index is 2.47. The molecule has 1 aromatic rings. The molecule has 1 aromatic heterocycles. The van der Waals surface area contributed by atoms with Crippen molar-refractivity contribution < 1.29 is 14.3 Å². The van der Waals surface area contributed by atoms with Crippen LogP contribution in [0.15, 0.2) is 12.4 Å². The summed E-state index contributed by atoms with van der Waals surface area (Å²) in [7, 11) is 0. The molecule has 0 saturated carbocycles. The van der Waals surface area contributed by atoms with Gasteiger partial charge in [-0.25, -0.2) is 0 Å². The van der Waals surface area contributed by atoms with Crippen LogP contribution in [0.3, 0.4) is 0 Å². The smallest absolute Gasteiger partial charge is 0.302 e. The molecule has 0 bridgehead atoms. The highest BCUT2D eigenvalue weighted by Gasteiger charge is 2.03. The first-order chi connectivity index (χ1) is 7.11. The molecule has 0 saturated heterocycles. The van der Waals surface area contributed by atoms with E-state index in [1.807, 2.05) is 13.8 Å². The number of carbonyl (C=O) groups excluding carboxylic acids is 1. The normalized spacial score (nSPS) is 9.80. The lowest BCUT2D eigenvalue weighted by atomic mass is 10.2. The number of rotatable bonds is 4. The standard InChI is InChI=1S/C11H15NO3/c1-8-6-12-7-9(2)11(8)15-5-4-14-10(3)13/h6-7H,4-5H2,1-3H3. The molecule has 0 fully saturated rings. The lowest BCUT2D eigenvalue weighted by molar-refractivity contribution is -0.141. The van der Waals surface area contributed by atoms with Gasteiger partial charge in [-0.3, -0.25) is 9.78 Å². The molecule has 4 heteroatoms. The first-order valence-corrected chi connectivity index (χ1v) is 4.78. The number of pyridine rings is 1. The predicted molar refractivity (Wildman–Crippen MR) is 55.8 cm³/mol. The Morgan fingerprint density at radius 1 is 1.27 bits per heavy atom. The summed E-state index contributed by atoms with van der Waals surface area (Å²) in [5.41, 5.74) is 1.97. The quantitative estimate of drug-likeness (QED) is 0.558. The highest BCUT2D eigenvalue weighted by atomic mass is 16.6. The first-order valence-electron chi connectivity index (χ1n) is 4.78. The zero-order valence-electron chi connectivity index (χ0n) is 9.24. The summed E-state index contributed by atoms with van der Waals surface area (Å²) in [5, 5.41) is 0. The number of aryl methyl sites for hydroxylation is 2. The van der Waals surface area contributed by atoms with Crippen molar-refractivity contribution >= 4 is 5.97 Å². The van der Waals surface area contributed by atoms with Crippen LogP contribution in [0.5, 0.6) is 5.75 Å². The van der Waals surface area contributed by atoms with Gasteiger partial charge in [0, 0.05) is 30.4 Å². The zero-order chi connectivity index (χ0) is 11.3. The Morgan fingerprint density at radius 2 is 1.87 bits per heavy atom. The summed E-state index contributed by atoms with van der Waals surface area (Å²) in [6, 6.07) is 0. The first kappa shape index (κ1) is 11.5. The summed E-state index contributed by atoms with van der Waals surface area (Å²) in [6.07, 6.45) is 3.49. The third kappa shape index (κ3) is 3.58. The minimum Gasteiger partial charge on any atom is -0.489 e. The molecular formula is C11H15NO3. The van der Waals surface area contributed by atoms with Gasteiger partial charge in [-0.1, -0.05) is 0 Å². The zero-order valence-corrected chi connectivity index (χ0v) is 9.24. The molecule has 0 atom stereocenters. The molecule has 0 spiro atoms. The maximum Gasteiger partial charge on any atom is 0.302 e. The van der Waals surface area contributed by atoms with Gasteiger partial charge in [0.05, 0.1) is 0 Å². The van der Waals surface area contributed by atoms with E-state index in [0.29, 0.717) is 6.61 Å². The lowest BCUT2D eigenvalue weighted by Gasteiger charge is -2.10. The van der Waals surface area contributed by atoms with Crippen molar-refractivity contribution in [2.45, 2.75) is 20.8 Å². The minimum absolute atomic E-state index is 0.274. The summed E-state index contributed by atoms with van der Waals surface area (Å²) >= 11 is 0. The van der Waals surface area contributed by atoms with Gasteiger partial charge in [0.15, 0.2) is 0 Å². The van der Waals surface area contributed by atoms with E-state index in [4.69, 9.17) is 9.47 Å². The Morgan fingerprint density at radius 3 is 2.40 bits per heavy atom. The molecular weight excluding hydrogens is 194 g/mol. The second kappa shape index (κ2) is 5.34. The van der Waals surface area contributed by atoms with Gasteiger partial charge < -0.3 is 9.47 Å². The molecule has 1 rings (SSSR count). The maximum atomic E-state index is 10.5. The van der Waals surface area contributed by atoms with Crippen molar-refractivity contribution in [1.29, 1.82) is 0 Å². The van der Waals surface area contributed by atoms with Crippen LogP contribution in [0, 0.1) is 13.8 Å². The summed E-state index contributed by atoms with van der Waals surface area (Å²) < 4.78 is 10.3. The van der Waals surface area contributed by atoms with E-state index in [-0.39, 0.29) is 12.6 Å². The molecule has 1 heterocycles. The van der Waals surface area contributed by atoms with Crippen LogP contribution < -0.4 is 4.74 Å². The second-order valence-corrected chi connectivity index (χ2v) is 3.29. The molecule has 15 heavy (non-hydrogen) atoms. The Kier molecular flexibility index (Phi) is 4.09. The number of nitrogens with zero attached hydrogens (tertiary/aromatic N) is 1. The van der Waals surface area contributed by atoms with Gasteiger partial charge in [0.1, 0.15) is 19.0 Å². The average molecular weight is 209 g/mol. The largest absolute Gasteiger partial charge is 0.489 e. The van der Waals surface area contributed by atoms with Crippen LogP contribution in [0.2, 0.25) is 0 Å². The molecule has 0 aliphatic carbocycles. The van der Waals surface area contributed by atoms with E-state index in [9.17, 15) is 4.79 Å². The minimum atomic E-state index is -0.290. The maximum absolute atomic E-state index is 10.5. The van der Waals surface area contributed by atoms with Gasteiger partial charge in [0.2, 0.25) is 0 Å². The highest BCUT2D eigenvalue weighted by molar-refractivity contribution is 5.65. The Labute approximate surface area is 89.2 Å². The molecule has 82 valence electrons. The summed E-state index contributed by atoms with van der Waals surface area (Å²) in [5.74, 6) is 0.527. The Bertz CT molecular complexity index is 329. The fourth-order valence-corrected chi connectivity index (χ4v) is 1.25. The average Bonchev–Trinajstić information content (AvgIpc) is 2.15. The van der Waals surface area contributed by atoms with Gasteiger partial charge >= 0.3 is 5.97 Å². The summed E-state index contributed by atoms with van der Waals surface area (Å²) in [4.78, 5) is 14.5. The number of ether oxygens (including phenoxy) is 2. The van der Waals surface area contributed by atoms with E-state index in [1.165, 1.54) is 6.92 Å². The van der Waals surface area contributed by atoms with Crippen LogP contribution in [-0.2, 0) is 9.53 Å². The number of hydrogen-bond donors (Lipinski definition) is 0. The van der Waals surface area contributed by atoms with Crippen molar-refractivity contribution in [3.63, 3.8) is 0 Å². The van der Waals surface area contributed by atoms with E-state index in [1.54, 1.807) is 12.4 Å². The van der Waals surface area contributed by atoms with E-state index in [2.05, 4.69) is 4.98 Å². The van der Waals surface area contributed by atoms with Gasteiger partial charge in [-0.15, -0.1) is 0 Å². The van der Waals surface area contributed by atoms with Crippen molar-refractivity contribution in [2.75, 3.05) is 13.2 Å². The SMILES string of the molecule is CC(=O)OCCOc1c(C)cncc1C. The van der Waals surface area contributed by atoms with Crippen LogP contribution in [-0.4, -0.2) is 24.2 Å². The summed E-state index contributed by atoms with van der Waals surface area (Å²) in [6.45, 7) is 5.88. The van der Waals surface area contributed by atoms with Gasteiger partial charge in [-0.2, -0.15) is 0 Å². The fourth-order valence-electron chi connectivity index (χ4n) is 1.25. The molecule has 4 nitrogen and oxygen atoms in total. The molecule has 0 unspecified atom stereocenters. The number of carbonyl (C=O) groups is 1. The second-order valence-electron chi connectivity index (χ2n) is 3.29. The van der Waals surface area contributed by atoms with Crippen molar-refractivity contribution in [3.05, 3.63) is 23.5 Å². The van der Waals surface area contributed by atoms with E-state index in [0.717, 1.165) is 16.9 Å². The molecule has 0 aliphatic rings. The van der Waals surface area contributed by atoms with Crippen LogP contribution in [0.25, 0.3) is 0 Å². The van der Waals surface area contributed by atoms with Crippen molar-refractivity contribution in [2.24, 2.45) is 0 Å². The van der Waals surface area contributed by atoms with Crippen molar-refractivity contribution in [3.8, 4) is 5.75 Å². The number of esters is 1. The molecule has 0 aliphatic heterocycles. The van der Waals surface area contributed by atoms with Crippen LogP contribution in [0.4, 0.5) is 0 Å². The fraction of sp³-hybridized carbons (Fsp3) is 0.455. The molecule has 0 radical (unpaired) electrons. The van der Waals surface area contributed by atoms with E-state index < -0.39 is 0 Å². The van der Waals surface area contributed by atoms with Crippen LogP contribution in [0.1, 0.15) is 18.1 Å². The number of hydrogen-bond acceptors (Lipinski definition) is 4. The van der Waals surface area contributed by atoms with Crippen molar-refractivity contribution in [1.82, 2.24) is 4.98 Å². The number of aromatic nitrogens is 1. The third-order valence-corrected chi connectivity index (χ3v) is 1.89. The van der Waals surface area contributed by atoms with Gasteiger partial charge in [0.25, 0.3) is 0 Å². The highest BCUT2D eigenvalue weighted by Crippen LogP contribution is 2.20. The molecule has 0 N–H and O–H groups in total. The van der Waals surface area contributed by atoms with Gasteiger partial charge in [-0.05, 0) is 13.8 Å². The van der Waals surface area contributed by atoms with Crippen LogP contribution >= 0.6 is 0 Å².